The fraction of sp³-hybridized carbons (Fsp3) is 0.560. The molecule has 2 N–H and O–H groups in total. The molecule has 1 heterocycles. The van der Waals surface area contributed by atoms with E-state index in [0.29, 0.717) is 49.1 Å². The van der Waals surface area contributed by atoms with Gasteiger partial charge in [-0.25, -0.2) is 0 Å². The Morgan fingerprint density at radius 1 is 1.08 bits per heavy atom. The number of amides is 2. The van der Waals surface area contributed by atoms with Crippen LogP contribution in [0.3, 0.4) is 0 Å². The Morgan fingerprint density at radius 2 is 1.75 bits per heavy atom. The van der Waals surface area contributed by atoms with E-state index in [1.54, 1.807) is 12.1 Å². The number of aromatic nitrogens is 2. The molecule has 0 spiro atoms. The molecule has 4 rings (SSSR count). The Labute approximate surface area is 211 Å². The molecule has 0 aliphatic heterocycles. The summed E-state index contributed by atoms with van der Waals surface area (Å²) < 4.78 is 42.2. The van der Waals surface area contributed by atoms with Crippen LogP contribution in [0.4, 0.5) is 18.3 Å². The van der Waals surface area contributed by atoms with Crippen molar-refractivity contribution in [3.05, 3.63) is 40.4 Å². The number of nitrogens with one attached hydrogen (secondary N) is 2. The van der Waals surface area contributed by atoms with Gasteiger partial charge in [0, 0.05) is 6.42 Å². The summed E-state index contributed by atoms with van der Waals surface area (Å²) >= 11 is 1.16. The second kappa shape index (κ2) is 10.9. The van der Waals surface area contributed by atoms with Crippen LogP contribution in [0.5, 0.6) is 0 Å². The molecule has 192 valence electrons. The highest BCUT2D eigenvalue weighted by atomic mass is 32.1. The third-order valence-electron chi connectivity index (χ3n) is 7.26. The Morgan fingerprint density at radius 3 is 2.36 bits per heavy atom. The number of carbonyl (C=O) groups excluding carboxylic acids is 2. The Balaban J connectivity index is 1.46. The number of alkyl halides is 3. The summed E-state index contributed by atoms with van der Waals surface area (Å²) in [6.07, 6.45) is -0.338. The van der Waals surface area contributed by atoms with Gasteiger partial charge in [-0.05, 0) is 49.3 Å². The number of carbonyl (C=O) groups is 2. The van der Waals surface area contributed by atoms with Crippen molar-refractivity contribution in [2.24, 2.45) is 11.3 Å². The average molecular weight is 520 g/mol. The third-order valence-corrected chi connectivity index (χ3v) is 8.10. The number of halogens is 3. The minimum atomic E-state index is -4.67. The minimum absolute atomic E-state index is 0.226. The van der Waals surface area contributed by atoms with Gasteiger partial charge in [0.05, 0.1) is 11.6 Å². The molecule has 2 amide bonds. The highest BCUT2D eigenvalue weighted by Crippen LogP contribution is 2.49. The second-order valence-electron chi connectivity index (χ2n) is 9.61. The Kier molecular flexibility index (Phi) is 7.93. The first-order valence-electron chi connectivity index (χ1n) is 12.2. The molecule has 2 aromatic rings. The lowest BCUT2D eigenvalue weighted by atomic mass is 9.72. The molecule has 0 saturated heterocycles. The van der Waals surface area contributed by atoms with Crippen molar-refractivity contribution < 1.29 is 22.8 Å². The van der Waals surface area contributed by atoms with Crippen LogP contribution in [0.15, 0.2) is 24.3 Å². The SMILES string of the molecule is N#Cc1ccc(Cc2nnc(NC(=O)[C@H](NC(=O)C3(C(F)(F)F)CCCCC3)C3CCCC3)s2)cc1. The monoisotopic (exact) mass is 519 g/mol. The first-order valence-corrected chi connectivity index (χ1v) is 13.0. The molecule has 7 nitrogen and oxygen atoms in total. The van der Waals surface area contributed by atoms with Gasteiger partial charge in [0.1, 0.15) is 16.5 Å². The fourth-order valence-corrected chi connectivity index (χ4v) is 5.97. The van der Waals surface area contributed by atoms with Crippen LogP contribution in [0.1, 0.15) is 73.9 Å². The van der Waals surface area contributed by atoms with Crippen molar-refractivity contribution in [3.8, 4) is 6.07 Å². The summed E-state index contributed by atoms with van der Waals surface area (Å²) in [7, 11) is 0. The highest BCUT2D eigenvalue weighted by Gasteiger charge is 2.60. The molecule has 2 fully saturated rings. The molecule has 0 unspecified atom stereocenters. The van der Waals surface area contributed by atoms with Gasteiger partial charge < -0.3 is 5.32 Å². The molecule has 2 aliphatic rings. The number of rotatable bonds is 7. The minimum Gasteiger partial charge on any atom is -0.343 e. The van der Waals surface area contributed by atoms with E-state index in [0.717, 1.165) is 29.7 Å². The summed E-state index contributed by atoms with van der Waals surface area (Å²) in [5.41, 5.74) is -0.979. The molecule has 1 atom stereocenters. The van der Waals surface area contributed by atoms with Crippen molar-refractivity contribution in [2.45, 2.75) is 76.4 Å². The summed E-state index contributed by atoms with van der Waals surface area (Å²) in [5.74, 6) is -1.89. The second-order valence-corrected chi connectivity index (χ2v) is 10.7. The van der Waals surface area contributed by atoms with Crippen LogP contribution in [0.2, 0.25) is 0 Å². The molecule has 2 saturated carbocycles. The van der Waals surface area contributed by atoms with E-state index in [1.165, 1.54) is 0 Å². The Bertz CT molecular complexity index is 1110. The molecule has 36 heavy (non-hydrogen) atoms. The van der Waals surface area contributed by atoms with Crippen molar-refractivity contribution in [2.75, 3.05) is 5.32 Å². The third kappa shape index (κ3) is 5.69. The molecule has 1 aromatic heterocycles. The predicted molar refractivity (Wildman–Crippen MR) is 128 cm³/mol. The lowest BCUT2D eigenvalue weighted by Gasteiger charge is -2.38. The number of benzene rings is 1. The molecule has 0 radical (unpaired) electrons. The smallest absolute Gasteiger partial charge is 0.343 e. The quantitative estimate of drug-likeness (QED) is 0.528. The van der Waals surface area contributed by atoms with Crippen LogP contribution in [-0.2, 0) is 16.0 Å². The normalized spacial score (nSPS) is 18.8. The van der Waals surface area contributed by atoms with E-state index >= 15 is 0 Å². The van der Waals surface area contributed by atoms with Crippen molar-refractivity contribution >= 4 is 28.3 Å². The maximum absolute atomic E-state index is 14.1. The van der Waals surface area contributed by atoms with Crippen molar-refractivity contribution in [1.29, 1.82) is 5.26 Å². The number of nitriles is 1. The maximum atomic E-state index is 14.1. The lowest BCUT2D eigenvalue weighted by Crippen LogP contribution is -2.57. The van der Waals surface area contributed by atoms with Gasteiger partial charge >= 0.3 is 6.18 Å². The van der Waals surface area contributed by atoms with Crippen molar-refractivity contribution in [1.82, 2.24) is 15.5 Å². The van der Waals surface area contributed by atoms with Gasteiger partial charge in [-0.15, -0.1) is 10.2 Å². The summed E-state index contributed by atoms with van der Waals surface area (Å²) in [6, 6.07) is 8.02. The predicted octanol–water partition coefficient (Wildman–Crippen LogP) is 5.13. The van der Waals surface area contributed by atoms with Gasteiger partial charge in [0.15, 0.2) is 0 Å². The largest absolute Gasteiger partial charge is 0.403 e. The molecular formula is C25H28F3N5O2S. The van der Waals surface area contributed by atoms with Gasteiger partial charge in [-0.3, -0.25) is 14.9 Å². The first-order chi connectivity index (χ1) is 17.2. The van der Waals surface area contributed by atoms with Gasteiger partial charge in [0.2, 0.25) is 16.9 Å². The van der Waals surface area contributed by atoms with Crippen LogP contribution in [0, 0.1) is 22.7 Å². The van der Waals surface area contributed by atoms with E-state index in [2.05, 4.69) is 26.9 Å². The molecule has 11 heteroatoms. The maximum Gasteiger partial charge on any atom is 0.403 e. The first kappa shape index (κ1) is 26.1. The van der Waals surface area contributed by atoms with Crippen LogP contribution < -0.4 is 10.6 Å². The zero-order valence-electron chi connectivity index (χ0n) is 19.7. The van der Waals surface area contributed by atoms with E-state index in [1.807, 2.05) is 12.1 Å². The summed E-state index contributed by atoms with van der Waals surface area (Å²) in [5, 5.41) is 23.1. The summed E-state index contributed by atoms with van der Waals surface area (Å²) in [4.78, 5) is 26.3. The van der Waals surface area contributed by atoms with Crippen molar-refractivity contribution in [3.63, 3.8) is 0 Å². The topological polar surface area (TPSA) is 108 Å². The van der Waals surface area contributed by atoms with Gasteiger partial charge in [-0.2, -0.15) is 18.4 Å². The van der Waals surface area contributed by atoms with Crippen LogP contribution in [-0.4, -0.2) is 34.2 Å². The lowest BCUT2D eigenvalue weighted by molar-refractivity contribution is -0.230. The number of nitrogens with zero attached hydrogens (tertiary/aromatic N) is 3. The highest BCUT2D eigenvalue weighted by molar-refractivity contribution is 7.15. The van der Waals surface area contributed by atoms with Gasteiger partial charge in [0.25, 0.3) is 0 Å². The zero-order chi connectivity index (χ0) is 25.8. The summed E-state index contributed by atoms with van der Waals surface area (Å²) in [6.45, 7) is 0. The number of hydrogen-bond donors (Lipinski definition) is 2. The molecule has 0 bridgehead atoms. The van der Waals surface area contributed by atoms with E-state index in [-0.39, 0.29) is 23.9 Å². The van der Waals surface area contributed by atoms with Crippen LogP contribution >= 0.6 is 11.3 Å². The number of hydrogen-bond acceptors (Lipinski definition) is 6. The molecule has 1 aromatic carbocycles. The fourth-order valence-electron chi connectivity index (χ4n) is 5.19. The number of anilines is 1. The standard InChI is InChI=1S/C25H28F3N5O2S/c26-25(27,28)24(12-4-1-5-13-24)22(35)30-20(18-6-2-3-7-18)21(34)31-23-33-32-19(36-23)14-16-8-10-17(15-29)11-9-16/h8-11,18,20H,1-7,12-14H2,(H,30,35)(H,31,33,34)/t20-/m1/s1. The van der Waals surface area contributed by atoms with E-state index in [4.69, 9.17) is 5.26 Å². The molecular weight excluding hydrogens is 491 g/mol. The van der Waals surface area contributed by atoms with E-state index in [9.17, 15) is 22.8 Å². The Hall–Kier alpha value is -3.00. The average Bonchev–Trinajstić information content (AvgIpc) is 3.55. The zero-order valence-corrected chi connectivity index (χ0v) is 20.6. The van der Waals surface area contributed by atoms with Gasteiger partial charge in [-0.1, -0.05) is 55.6 Å². The van der Waals surface area contributed by atoms with E-state index < -0.39 is 29.4 Å². The van der Waals surface area contributed by atoms with Crippen LogP contribution in [0.25, 0.3) is 0 Å². The molecule has 2 aliphatic carbocycles.